The van der Waals surface area contributed by atoms with Crippen LogP contribution in [0.4, 0.5) is 0 Å². The Hall–Kier alpha value is -2.62. The second-order valence-corrected chi connectivity index (χ2v) is 7.63. The molecule has 29 heavy (non-hydrogen) atoms. The Morgan fingerprint density at radius 1 is 0.966 bits per heavy atom. The topological polar surface area (TPSA) is 49.4 Å². The standard InChI is InChI=1S/C25H34N2O2/c1-5-15-26-25(29)23(6-2)27(16-14-21-10-8-7-9-11-21)24(28)18-22-13-12-19(3)20(4)17-22/h7-13,17,23H,5-6,14-16,18H2,1-4H3,(H,26,29). The van der Waals surface area contributed by atoms with Crippen molar-refractivity contribution in [2.75, 3.05) is 13.1 Å². The van der Waals surface area contributed by atoms with Crippen LogP contribution >= 0.6 is 0 Å². The highest BCUT2D eigenvalue weighted by atomic mass is 16.2. The van der Waals surface area contributed by atoms with E-state index in [0.29, 0.717) is 25.9 Å². The van der Waals surface area contributed by atoms with Crippen LogP contribution in [-0.4, -0.2) is 35.8 Å². The van der Waals surface area contributed by atoms with Crippen LogP contribution < -0.4 is 5.32 Å². The predicted molar refractivity (Wildman–Crippen MR) is 119 cm³/mol. The molecule has 0 saturated heterocycles. The molecule has 1 unspecified atom stereocenters. The number of aryl methyl sites for hydroxylation is 2. The number of amides is 2. The second kappa shape index (κ2) is 11.4. The molecule has 2 aromatic carbocycles. The Balaban J connectivity index is 2.19. The Morgan fingerprint density at radius 2 is 1.69 bits per heavy atom. The van der Waals surface area contributed by atoms with E-state index in [1.807, 2.05) is 38.1 Å². The van der Waals surface area contributed by atoms with Crippen molar-refractivity contribution < 1.29 is 9.59 Å². The molecule has 2 aromatic rings. The van der Waals surface area contributed by atoms with Gasteiger partial charge in [-0.2, -0.15) is 0 Å². The average Bonchev–Trinajstić information content (AvgIpc) is 2.72. The molecule has 0 aromatic heterocycles. The van der Waals surface area contributed by atoms with Crippen molar-refractivity contribution >= 4 is 11.8 Å². The number of nitrogens with zero attached hydrogens (tertiary/aromatic N) is 1. The second-order valence-electron chi connectivity index (χ2n) is 7.63. The van der Waals surface area contributed by atoms with Crippen molar-refractivity contribution in [3.63, 3.8) is 0 Å². The van der Waals surface area contributed by atoms with Gasteiger partial charge in [0.15, 0.2) is 0 Å². The van der Waals surface area contributed by atoms with Crippen LogP contribution in [0.25, 0.3) is 0 Å². The molecule has 156 valence electrons. The van der Waals surface area contributed by atoms with Gasteiger partial charge in [-0.3, -0.25) is 9.59 Å². The molecular formula is C25H34N2O2. The highest BCUT2D eigenvalue weighted by molar-refractivity contribution is 5.88. The summed E-state index contributed by atoms with van der Waals surface area (Å²) in [6.07, 6.45) is 2.52. The Bertz CT molecular complexity index is 802. The third kappa shape index (κ3) is 6.74. The van der Waals surface area contributed by atoms with Crippen LogP contribution in [0.2, 0.25) is 0 Å². The average molecular weight is 395 g/mol. The lowest BCUT2D eigenvalue weighted by molar-refractivity contribution is -0.140. The van der Waals surface area contributed by atoms with Gasteiger partial charge >= 0.3 is 0 Å². The van der Waals surface area contributed by atoms with Crippen LogP contribution in [0.5, 0.6) is 0 Å². The van der Waals surface area contributed by atoms with Gasteiger partial charge in [0.05, 0.1) is 6.42 Å². The van der Waals surface area contributed by atoms with Gasteiger partial charge in [0.1, 0.15) is 6.04 Å². The zero-order valence-electron chi connectivity index (χ0n) is 18.2. The lowest BCUT2D eigenvalue weighted by Crippen LogP contribution is -2.50. The maximum atomic E-state index is 13.3. The third-order valence-corrected chi connectivity index (χ3v) is 5.35. The summed E-state index contributed by atoms with van der Waals surface area (Å²) in [4.78, 5) is 27.8. The van der Waals surface area contributed by atoms with Crippen LogP contribution in [-0.2, 0) is 22.4 Å². The van der Waals surface area contributed by atoms with E-state index < -0.39 is 6.04 Å². The summed E-state index contributed by atoms with van der Waals surface area (Å²) in [7, 11) is 0. The van der Waals surface area contributed by atoms with E-state index >= 15 is 0 Å². The zero-order chi connectivity index (χ0) is 21.2. The molecule has 0 radical (unpaired) electrons. The molecule has 0 aliphatic heterocycles. The van der Waals surface area contributed by atoms with Crippen molar-refractivity contribution in [3.8, 4) is 0 Å². The van der Waals surface area contributed by atoms with Crippen LogP contribution in [0, 0.1) is 13.8 Å². The predicted octanol–water partition coefficient (Wildman–Crippen LogP) is 4.22. The van der Waals surface area contributed by atoms with Gasteiger partial charge in [-0.1, -0.05) is 62.4 Å². The lowest BCUT2D eigenvalue weighted by Gasteiger charge is -2.31. The molecule has 1 N–H and O–H groups in total. The molecule has 0 spiro atoms. The number of nitrogens with one attached hydrogen (secondary N) is 1. The van der Waals surface area contributed by atoms with Gasteiger partial charge in [0.2, 0.25) is 11.8 Å². The van der Waals surface area contributed by atoms with E-state index in [-0.39, 0.29) is 11.8 Å². The molecule has 0 aliphatic rings. The number of hydrogen-bond donors (Lipinski definition) is 1. The van der Waals surface area contributed by atoms with Crippen molar-refractivity contribution in [3.05, 3.63) is 70.8 Å². The molecule has 2 amide bonds. The molecule has 4 heteroatoms. The molecule has 0 fully saturated rings. The number of benzene rings is 2. The summed E-state index contributed by atoms with van der Waals surface area (Å²) < 4.78 is 0. The summed E-state index contributed by atoms with van der Waals surface area (Å²) in [6, 6.07) is 15.8. The van der Waals surface area contributed by atoms with Gasteiger partial charge in [0.25, 0.3) is 0 Å². The minimum absolute atomic E-state index is 0.00248. The quantitative estimate of drug-likeness (QED) is 0.656. The van der Waals surface area contributed by atoms with Gasteiger partial charge in [-0.15, -0.1) is 0 Å². The maximum absolute atomic E-state index is 13.3. The third-order valence-electron chi connectivity index (χ3n) is 5.35. The fourth-order valence-electron chi connectivity index (χ4n) is 3.45. The van der Waals surface area contributed by atoms with Crippen molar-refractivity contribution in [2.24, 2.45) is 0 Å². The molecule has 1 atom stereocenters. The first-order valence-corrected chi connectivity index (χ1v) is 10.6. The molecule has 2 rings (SSSR count). The first-order chi connectivity index (χ1) is 14.0. The molecule has 0 saturated carbocycles. The Labute approximate surface area is 175 Å². The summed E-state index contributed by atoms with van der Waals surface area (Å²) in [6.45, 7) is 9.29. The summed E-state index contributed by atoms with van der Waals surface area (Å²) >= 11 is 0. The minimum Gasteiger partial charge on any atom is -0.354 e. The first kappa shape index (κ1) is 22.7. The number of carbonyl (C=O) groups is 2. The van der Waals surface area contributed by atoms with E-state index in [2.05, 4.69) is 43.4 Å². The summed E-state index contributed by atoms with van der Waals surface area (Å²) in [5.41, 5.74) is 4.55. The van der Waals surface area contributed by atoms with E-state index in [1.54, 1.807) is 4.90 Å². The van der Waals surface area contributed by atoms with E-state index in [1.165, 1.54) is 16.7 Å². The maximum Gasteiger partial charge on any atom is 0.242 e. The van der Waals surface area contributed by atoms with Crippen molar-refractivity contribution in [1.29, 1.82) is 0 Å². The smallest absolute Gasteiger partial charge is 0.242 e. The van der Waals surface area contributed by atoms with Gasteiger partial charge in [-0.05, 0) is 55.4 Å². The zero-order valence-corrected chi connectivity index (χ0v) is 18.2. The van der Waals surface area contributed by atoms with Crippen LogP contribution in [0.3, 0.4) is 0 Å². The number of rotatable bonds is 10. The van der Waals surface area contributed by atoms with Crippen molar-refractivity contribution in [1.82, 2.24) is 10.2 Å². The van der Waals surface area contributed by atoms with E-state index in [9.17, 15) is 9.59 Å². The SMILES string of the molecule is CCCNC(=O)C(CC)N(CCc1ccccc1)C(=O)Cc1ccc(C)c(C)c1. The Kier molecular flexibility index (Phi) is 8.91. The highest BCUT2D eigenvalue weighted by Crippen LogP contribution is 2.15. The number of hydrogen-bond acceptors (Lipinski definition) is 2. The molecular weight excluding hydrogens is 360 g/mol. The monoisotopic (exact) mass is 394 g/mol. The first-order valence-electron chi connectivity index (χ1n) is 10.6. The fourth-order valence-corrected chi connectivity index (χ4v) is 3.45. The summed E-state index contributed by atoms with van der Waals surface area (Å²) in [5, 5.41) is 2.96. The fraction of sp³-hybridized carbons (Fsp3) is 0.440. The number of carbonyl (C=O) groups excluding carboxylic acids is 2. The molecule has 4 nitrogen and oxygen atoms in total. The van der Waals surface area contributed by atoms with Crippen LogP contribution in [0.15, 0.2) is 48.5 Å². The normalized spacial score (nSPS) is 11.7. The minimum atomic E-state index is -0.440. The van der Waals surface area contributed by atoms with Crippen LogP contribution in [0.1, 0.15) is 48.9 Å². The van der Waals surface area contributed by atoms with Gasteiger partial charge in [0, 0.05) is 13.1 Å². The van der Waals surface area contributed by atoms with Crippen molar-refractivity contribution in [2.45, 2.75) is 59.4 Å². The Morgan fingerprint density at radius 3 is 2.31 bits per heavy atom. The highest BCUT2D eigenvalue weighted by Gasteiger charge is 2.28. The van der Waals surface area contributed by atoms with E-state index in [4.69, 9.17) is 0 Å². The molecule has 0 heterocycles. The molecule has 0 aliphatic carbocycles. The lowest BCUT2D eigenvalue weighted by atomic mass is 10.0. The van der Waals surface area contributed by atoms with Gasteiger partial charge in [-0.25, -0.2) is 0 Å². The largest absolute Gasteiger partial charge is 0.354 e. The van der Waals surface area contributed by atoms with E-state index in [0.717, 1.165) is 18.4 Å². The van der Waals surface area contributed by atoms with Gasteiger partial charge < -0.3 is 10.2 Å². The summed E-state index contributed by atoms with van der Waals surface area (Å²) in [5.74, 6) is -0.0569. The molecule has 0 bridgehead atoms.